The zero-order chi connectivity index (χ0) is 13.8. The molecule has 0 aliphatic heterocycles. The molecule has 0 spiro atoms. The highest BCUT2D eigenvalue weighted by atomic mass is 79.9. The molecule has 0 aliphatic rings. The van der Waals surface area contributed by atoms with Gasteiger partial charge in [-0.25, -0.2) is 4.98 Å². The monoisotopic (exact) mass is 317 g/mol. The molecule has 0 radical (unpaired) electrons. The van der Waals surface area contributed by atoms with E-state index in [1.54, 1.807) is 0 Å². The van der Waals surface area contributed by atoms with Crippen molar-refractivity contribution >= 4 is 27.4 Å². The number of anilines is 1. The van der Waals surface area contributed by atoms with Crippen LogP contribution in [0.1, 0.15) is 26.7 Å². The molecule has 6 nitrogen and oxygen atoms in total. The molecule has 18 heavy (non-hydrogen) atoms. The van der Waals surface area contributed by atoms with Crippen molar-refractivity contribution in [2.45, 2.75) is 32.2 Å². The second-order valence-corrected chi connectivity index (χ2v) is 4.91. The third-order valence-corrected chi connectivity index (χ3v) is 3.68. The van der Waals surface area contributed by atoms with Crippen molar-refractivity contribution in [3.63, 3.8) is 0 Å². The van der Waals surface area contributed by atoms with E-state index in [4.69, 9.17) is 0 Å². The van der Waals surface area contributed by atoms with Gasteiger partial charge in [0.25, 0.3) is 5.69 Å². The number of nitrogens with one attached hydrogen (secondary N) is 1. The summed E-state index contributed by atoms with van der Waals surface area (Å²) in [5.74, 6) is 0.498. The molecule has 1 aromatic rings. The summed E-state index contributed by atoms with van der Waals surface area (Å²) in [5, 5.41) is 23.2. The Morgan fingerprint density at radius 2 is 2.17 bits per heavy atom. The normalized spacial score (nSPS) is 11.3. The number of nitro groups is 1. The largest absolute Gasteiger partial charge is 0.394 e. The second-order valence-electron chi connectivity index (χ2n) is 4.05. The van der Waals surface area contributed by atoms with Crippen molar-refractivity contribution in [1.29, 1.82) is 0 Å². The Bertz CT molecular complexity index is 427. The van der Waals surface area contributed by atoms with E-state index in [0.717, 1.165) is 12.8 Å². The molecular formula is C11H16BrN3O3. The third kappa shape index (κ3) is 3.17. The fourth-order valence-corrected chi connectivity index (χ4v) is 2.00. The molecule has 0 amide bonds. The van der Waals surface area contributed by atoms with Crippen molar-refractivity contribution in [3.05, 3.63) is 26.9 Å². The molecule has 0 saturated carbocycles. The molecule has 1 rings (SSSR count). The molecule has 0 bridgehead atoms. The number of aliphatic hydroxyl groups is 1. The van der Waals surface area contributed by atoms with Gasteiger partial charge in [-0.05, 0) is 28.8 Å². The number of halogens is 1. The summed E-state index contributed by atoms with van der Waals surface area (Å²) in [6.07, 6.45) is 2.65. The van der Waals surface area contributed by atoms with E-state index in [1.807, 2.05) is 13.8 Å². The minimum absolute atomic E-state index is 0.0227. The Morgan fingerprint density at radius 3 is 2.56 bits per heavy atom. The van der Waals surface area contributed by atoms with Crippen LogP contribution in [0.4, 0.5) is 11.5 Å². The van der Waals surface area contributed by atoms with E-state index >= 15 is 0 Å². The van der Waals surface area contributed by atoms with E-state index in [0.29, 0.717) is 10.3 Å². The van der Waals surface area contributed by atoms with Crippen LogP contribution in [-0.4, -0.2) is 27.2 Å². The Balaban J connectivity index is 3.01. The van der Waals surface area contributed by atoms with Crippen LogP contribution in [0.3, 0.4) is 0 Å². The van der Waals surface area contributed by atoms with Crippen LogP contribution in [0.2, 0.25) is 0 Å². The van der Waals surface area contributed by atoms with Gasteiger partial charge in [-0.3, -0.25) is 10.1 Å². The number of aromatic nitrogens is 1. The Labute approximate surface area is 114 Å². The summed E-state index contributed by atoms with van der Waals surface area (Å²) in [5.41, 5.74) is -0.527. The summed E-state index contributed by atoms with van der Waals surface area (Å²) in [7, 11) is 0. The smallest absolute Gasteiger partial charge is 0.288 e. The summed E-state index contributed by atoms with van der Waals surface area (Å²) in [6.45, 7) is 3.91. The highest BCUT2D eigenvalue weighted by molar-refractivity contribution is 9.10. The molecule has 0 fully saturated rings. The summed E-state index contributed by atoms with van der Waals surface area (Å²) in [4.78, 5) is 14.1. The number of nitrogens with zero attached hydrogens (tertiary/aromatic N) is 2. The first-order chi connectivity index (χ1) is 8.48. The highest BCUT2D eigenvalue weighted by Gasteiger charge is 2.26. The van der Waals surface area contributed by atoms with Crippen LogP contribution >= 0.6 is 15.9 Å². The van der Waals surface area contributed by atoms with Crippen LogP contribution in [0.25, 0.3) is 0 Å². The van der Waals surface area contributed by atoms with Crippen LogP contribution < -0.4 is 5.32 Å². The van der Waals surface area contributed by atoms with Gasteiger partial charge < -0.3 is 10.4 Å². The molecule has 0 unspecified atom stereocenters. The lowest BCUT2D eigenvalue weighted by molar-refractivity contribution is -0.385. The van der Waals surface area contributed by atoms with E-state index in [9.17, 15) is 15.2 Å². The Morgan fingerprint density at radius 1 is 1.56 bits per heavy atom. The molecule has 0 aliphatic carbocycles. The summed E-state index contributed by atoms with van der Waals surface area (Å²) < 4.78 is 0.511. The first-order valence-electron chi connectivity index (χ1n) is 5.67. The lowest BCUT2D eigenvalue weighted by Crippen LogP contribution is -2.41. The molecule has 0 atom stereocenters. The molecule has 2 N–H and O–H groups in total. The third-order valence-electron chi connectivity index (χ3n) is 3.08. The minimum Gasteiger partial charge on any atom is -0.394 e. The van der Waals surface area contributed by atoms with Crippen LogP contribution in [0.15, 0.2) is 16.7 Å². The maximum atomic E-state index is 10.6. The SMILES string of the molecule is CCC(CC)(CO)Nc1ncc([N+](=O)[O-])cc1Br. The van der Waals surface area contributed by atoms with Crippen molar-refractivity contribution in [2.75, 3.05) is 11.9 Å². The van der Waals surface area contributed by atoms with Gasteiger partial charge in [0, 0.05) is 6.07 Å². The maximum Gasteiger partial charge on any atom is 0.288 e. The molecule has 100 valence electrons. The quantitative estimate of drug-likeness (QED) is 0.622. The van der Waals surface area contributed by atoms with Gasteiger partial charge in [0.1, 0.15) is 12.0 Å². The molecule has 1 aromatic heterocycles. The number of hydrogen-bond donors (Lipinski definition) is 2. The fourth-order valence-electron chi connectivity index (χ4n) is 1.56. The van der Waals surface area contributed by atoms with Crippen molar-refractivity contribution in [2.24, 2.45) is 0 Å². The van der Waals surface area contributed by atoms with Gasteiger partial charge in [0.2, 0.25) is 0 Å². The van der Waals surface area contributed by atoms with Crippen molar-refractivity contribution in [3.8, 4) is 0 Å². The molecular weight excluding hydrogens is 302 g/mol. The van der Waals surface area contributed by atoms with Crippen LogP contribution in [0.5, 0.6) is 0 Å². The fraction of sp³-hybridized carbons (Fsp3) is 0.545. The zero-order valence-electron chi connectivity index (χ0n) is 10.3. The Hall–Kier alpha value is -1.21. The summed E-state index contributed by atoms with van der Waals surface area (Å²) in [6, 6.07) is 1.39. The lowest BCUT2D eigenvalue weighted by atomic mass is 9.94. The predicted octanol–water partition coefficient (Wildman–Crippen LogP) is 2.72. The average Bonchev–Trinajstić information content (AvgIpc) is 2.38. The average molecular weight is 318 g/mol. The second kappa shape index (κ2) is 6.10. The topological polar surface area (TPSA) is 88.3 Å². The van der Waals surface area contributed by atoms with Gasteiger partial charge in [0.15, 0.2) is 0 Å². The summed E-state index contributed by atoms with van der Waals surface area (Å²) >= 11 is 3.24. The first-order valence-corrected chi connectivity index (χ1v) is 6.46. The van der Waals surface area contributed by atoms with Crippen LogP contribution in [-0.2, 0) is 0 Å². The Kier molecular flexibility index (Phi) is 5.03. The number of hydrogen-bond acceptors (Lipinski definition) is 5. The van der Waals surface area contributed by atoms with Gasteiger partial charge >= 0.3 is 0 Å². The van der Waals surface area contributed by atoms with Crippen LogP contribution in [0, 0.1) is 10.1 Å². The van der Waals surface area contributed by atoms with E-state index < -0.39 is 10.5 Å². The van der Waals surface area contributed by atoms with Crippen molar-refractivity contribution < 1.29 is 10.0 Å². The van der Waals surface area contributed by atoms with Gasteiger partial charge in [-0.1, -0.05) is 13.8 Å². The molecule has 0 saturated heterocycles. The minimum atomic E-state index is -0.500. The van der Waals surface area contributed by atoms with Crippen molar-refractivity contribution in [1.82, 2.24) is 4.98 Å². The lowest BCUT2D eigenvalue weighted by Gasteiger charge is -2.31. The predicted molar refractivity (Wildman–Crippen MR) is 72.6 cm³/mol. The number of pyridine rings is 1. The number of rotatable bonds is 6. The molecule has 1 heterocycles. The highest BCUT2D eigenvalue weighted by Crippen LogP contribution is 2.28. The zero-order valence-corrected chi connectivity index (χ0v) is 11.9. The van der Waals surface area contributed by atoms with Gasteiger partial charge in [-0.2, -0.15) is 0 Å². The molecule has 7 heteroatoms. The standard InChI is InChI=1S/C11H16BrN3O3/c1-3-11(4-2,7-16)14-10-9(12)5-8(6-13-10)15(17)18/h5-6,16H,3-4,7H2,1-2H3,(H,13,14). The number of aliphatic hydroxyl groups excluding tert-OH is 1. The molecule has 0 aromatic carbocycles. The van der Waals surface area contributed by atoms with E-state index in [1.165, 1.54) is 12.3 Å². The first kappa shape index (κ1) is 14.8. The van der Waals surface area contributed by atoms with E-state index in [2.05, 4.69) is 26.2 Å². The van der Waals surface area contributed by atoms with Gasteiger partial charge in [0.05, 0.1) is 21.5 Å². The van der Waals surface area contributed by atoms with E-state index in [-0.39, 0.29) is 12.3 Å². The maximum absolute atomic E-state index is 10.6. The van der Waals surface area contributed by atoms with Gasteiger partial charge in [-0.15, -0.1) is 0 Å².